The molecule has 0 unspecified atom stereocenters. The predicted molar refractivity (Wildman–Crippen MR) is 126 cm³/mol. The first-order chi connectivity index (χ1) is 13.9. The van der Waals surface area contributed by atoms with Gasteiger partial charge in [-0.15, -0.1) is 24.8 Å². The first-order valence-electron chi connectivity index (χ1n) is 10.7. The van der Waals surface area contributed by atoms with Gasteiger partial charge in [0.1, 0.15) is 0 Å². The second-order valence-corrected chi connectivity index (χ2v) is 9.02. The van der Waals surface area contributed by atoms with Crippen molar-refractivity contribution in [3.05, 3.63) is 52.5 Å². The summed E-state index contributed by atoms with van der Waals surface area (Å²) < 4.78 is 2.02. The first-order valence-corrected chi connectivity index (χ1v) is 10.7. The zero-order chi connectivity index (χ0) is 20.5. The van der Waals surface area contributed by atoms with Gasteiger partial charge in [-0.3, -0.25) is 9.59 Å². The molecular formula is C22H33Cl2N5O2. The summed E-state index contributed by atoms with van der Waals surface area (Å²) in [7, 11) is 0. The number of likely N-dealkylation sites (tertiary alicyclic amines) is 1. The topological polar surface area (TPSA) is 97.0 Å². The number of carbonyl (C=O) groups excluding carboxylic acids is 1. The highest BCUT2D eigenvalue weighted by Crippen LogP contribution is 2.43. The summed E-state index contributed by atoms with van der Waals surface area (Å²) in [5, 5.41) is 0. The van der Waals surface area contributed by atoms with Gasteiger partial charge >= 0.3 is 0 Å². The van der Waals surface area contributed by atoms with Gasteiger partial charge in [0.25, 0.3) is 5.56 Å². The maximum atomic E-state index is 13.1. The van der Waals surface area contributed by atoms with Crippen molar-refractivity contribution in [3.63, 3.8) is 0 Å². The monoisotopic (exact) mass is 469 g/mol. The highest BCUT2D eigenvalue weighted by molar-refractivity contribution is 5.85. The molecule has 1 amide bonds. The smallest absolute Gasteiger partial charge is 0.250 e. The van der Waals surface area contributed by atoms with Crippen LogP contribution in [0.2, 0.25) is 0 Å². The molecule has 0 aliphatic carbocycles. The third-order valence-electron chi connectivity index (χ3n) is 6.46. The van der Waals surface area contributed by atoms with Crippen molar-refractivity contribution in [1.29, 1.82) is 0 Å². The van der Waals surface area contributed by atoms with E-state index in [1.807, 2.05) is 15.5 Å². The number of hydrogen-bond donors (Lipinski definition) is 2. The van der Waals surface area contributed by atoms with Gasteiger partial charge in [0.05, 0.1) is 12.4 Å². The standard InChI is InChI=1S/C22H31N5O2.2ClH/c1-14(2)6-7-20-16-8-15(19-4-3-5-21(28)27(19)20)11-26(12-16)22(29)18(23)9-17-10-24-13-25-17;;/h3-5,10,13-16,18,20H,6-9,11-12,23H2,1-2H3,(H,24,25);2*1H/t15-,16+,18+,20+;;/m1../s1. The number of piperidine rings is 1. The maximum Gasteiger partial charge on any atom is 0.250 e. The Balaban J connectivity index is 0.00000171. The van der Waals surface area contributed by atoms with Crippen LogP contribution < -0.4 is 11.3 Å². The lowest BCUT2D eigenvalue weighted by Gasteiger charge is -2.47. The van der Waals surface area contributed by atoms with E-state index < -0.39 is 6.04 Å². The lowest BCUT2D eigenvalue weighted by Crippen LogP contribution is -2.54. The number of hydrogen-bond acceptors (Lipinski definition) is 4. The number of imidazole rings is 1. The largest absolute Gasteiger partial charge is 0.348 e. The second kappa shape index (κ2) is 10.7. The molecule has 2 aromatic heterocycles. The average molecular weight is 470 g/mol. The Morgan fingerprint density at radius 3 is 2.74 bits per heavy atom. The molecule has 4 rings (SSSR count). The van der Waals surface area contributed by atoms with Gasteiger partial charge in [-0.25, -0.2) is 4.98 Å². The van der Waals surface area contributed by atoms with Gasteiger partial charge in [-0.05, 0) is 37.2 Å². The fraction of sp³-hybridized carbons (Fsp3) is 0.591. The average Bonchev–Trinajstić information content (AvgIpc) is 3.20. The highest BCUT2D eigenvalue weighted by Gasteiger charge is 2.42. The minimum Gasteiger partial charge on any atom is -0.348 e. The van der Waals surface area contributed by atoms with Gasteiger partial charge in [-0.1, -0.05) is 19.9 Å². The normalized spacial score (nSPS) is 22.8. The minimum absolute atomic E-state index is 0. The van der Waals surface area contributed by atoms with Crippen LogP contribution in [0.15, 0.2) is 35.5 Å². The molecule has 31 heavy (non-hydrogen) atoms. The lowest BCUT2D eigenvalue weighted by atomic mass is 9.76. The van der Waals surface area contributed by atoms with E-state index in [0.29, 0.717) is 31.3 Å². The van der Waals surface area contributed by atoms with Crippen LogP contribution in [0.4, 0.5) is 0 Å². The van der Waals surface area contributed by atoms with Crippen molar-refractivity contribution in [2.45, 2.75) is 57.5 Å². The number of nitrogens with one attached hydrogen (secondary N) is 1. The number of rotatable bonds is 6. The number of amides is 1. The van der Waals surface area contributed by atoms with E-state index in [9.17, 15) is 9.59 Å². The van der Waals surface area contributed by atoms with Crippen molar-refractivity contribution < 1.29 is 4.79 Å². The Kier molecular flexibility index (Phi) is 8.74. The summed E-state index contributed by atoms with van der Waals surface area (Å²) in [4.78, 5) is 34.8. The van der Waals surface area contributed by atoms with Crippen LogP contribution in [-0.2, 0) is 11.2 Å². The van der Waals surface area contributed by atoms with E-state index in [-0.39, 0.29) is 48.2 Å². The molecule has 9 heteroatoms. The zero-order valence-electron chi connectivity index (χ0n) is 18.1. The van der Waals surface area contributed by atoms with E-state index in [0.717, 1.165) is 30.7 Å². The van der Waals surface area contributed by atoms with Crippen LogP contribution in [0.25, 0.3) is 0 Å². The molecule has 2 bridgehead atoms. The quantitative estimate of drug-likeness (QED) is 0.679. The van der Waals surface area contributed by atoms with Gasteiger partial charge in [0.2, 0.25) is 5.91 Å². The van der Waals surface area contributed by atoms with Crippen molar-refractivity contribution in [2.75, 3.05) is 13.1 Å². The molecule has 1 saturated heterocycles. The fourth-order valence-corrected chi connectivity index (χ4v) is 5.05. The number of aromatic amines is 1. The van der Waals surface area contributed by atoms with E-state index >= 15 is 0 Å². The molecule has 0 aromatic carbocycles. The summed E-state index contributed by atoms with van der Waals surface area (Å²) in [6.45, 7) is 5.73. The molecule has 172 valence electrons. The van der Waals surface area contributed by atoms with Crippen molar-refractivity contribution in [1.82, 2.24) is 19.4 Å². The van der Waals surface area contributed by atoms with Crippen LogP contribution in [-0.4, -0.2) is 44.5 Å². The number of nitrogens with zero attached hydrogens (tertiary/aromatic N) is 3. The van der Waals surface area contributed by atoms with Gasteiger partial charge in [-0.2, -0.15) is 0 Å². The molecular weight excluding hydrogens is 437 g/mol. The van der Waals surface area contributed by atoms with Crippen molar-refractivity contribution >= 4 is 30.7 Å². The van der Waals surface area contributed by atoms with Gasteiger partial charge < -0.3 is 20.2 Å². The third kappa shape index (κ3) is 5.33. The molecule has 2 aliphatic heterocycles. The maximum absolute atomic E-state index is 13.1. The zero-order valence-corrected chi connectivity index (χ0v) is 19.7. The van der Waals surface area contributed by atoms with Crippen LogP contribution in [0.1, 0.15) is 56.5 Å². The molecule has 0 spiro atoms. The molecule has 2 aliphatic rings. The number of nitrogens with two attached hydrogens (primary N) is 1. The summed E-state index contributed by atoms with van der Waals surface area (Å²) in [6, 6.07) is 5.14. The predicted octanol–water partition coefficient (Wildman–Crippen LogP) is 2.91. The van der Waals surface area contributed by atoms with Crippen molar-refractivity contribution in [2.24, 2.45) is 17.6 Å². The molecule has 4 atom stereocenters. The Morgan fingerprint density at radius 1 is 1.29 bits per heavy atom. The van der Waals surface area contributed by atoms with Gasteiger partial charge in [0, 0.05) is 55.1 Å². The summed E-state index contributed by atoms with van der Waals surface area (Å²) >= 11 is 0. The Bertz CT molecular complexity index is 915. The molecule has 0 saturated carbocycles. The number of carbonyl (C=O) groups is 1. The van der Waals surface area contributed by atoms with Crippen LogP contribution in [0.3, 0.4) is 0 Å². The summed E-state index contributed by atoms with van der Waals surface area (Å²) in [6.07, 6.45) is 6.84. The van der Waals surface area contributed by atoms with Crippen LogP contribution in [0.5, 0.6) is 0 Å². The molecule has 4 heterocycles. The van der Waals surface area contributed by atoms with Crippen LogP contribution >= 0.6 is 24.8 Å². The van der Waals surface area contributed by atoms with E-state index in [4.69, 9.17) is 5.73 Å². The minimum atomic E-state index is -0.582. The molecule has 7 nitrogen and oxygen atoms in total. The highest BCUT2D eigenvalue weighted by atomic mass is 35.5. The Labute approximate surface area is 195 Å². The Hall–Kier alpha value is -1.83. The van der Waals surface area contributed by atoms with E-state index in [1.54, 1.807) is 18.6 Å². The number of pyridine rings is 1. The second-order valence-electron chi connectivity index (χ2n) is 9.02. The molecule has 3 N–H and O–H groups in total. The summed E-state index contributed by atoms with van der Waals surface area (Å²) in [5.41, 5.74) is 8.27. The van der Waals surface area contributed by atoms with E-state index in [1.165, 1.54) is 0 Å². The number of fused-ring (bicyclic) bond motifs is 4. The summed E-state index contributed by atoms with van der Waals surface area (Å²) in [5.74, 6) is 1.06. The van der Waals surface area contributed by atoms with E-state index in [2.05, 4.69) is 29.9 Å². The lowest BCUT2D eigenvalue weighted by molar-refractivity contribution is -0.135. The van der Waals surface area contributed by atoms with Gasteiger partial charge in [0.15, 0.2) is 0 Å². The number of aromatic nitrogens is 3. The van der Waals surface area contributed by atoms with Crippen molar-refractivity contribution in [3.8, 4) is 0 Å². The first kappa shape index (κ1) is 25.4. The fourth-order valence-electron chi connectivity index (χ4n) is 5.05. The number of H-pyrrole nitrogens is 1. The third-order valence-corrected chi connectivity index (χ3v) is 6.46. The van der Waals surface area contributed by atoms with Crippen LogP contribution in [0, 0.1) is 11.8 Å². The molecule has 0 radical (unpaired) electrons. The molecule has 1 fully saturated rings. The number of halogens is 2. The Morgan fingerprint density at radius 2 is 2.06 bits per heavy atom. The SMILES string of the molecule is CC(C)CC[C@H]1[C@H]2C[C@H](CN(C(=O)[C@@H](N)Cc3cnc[nH]3)C2)c2cccc(=O)n21.Cl.Cl. The molecule has 2 aromatic rings.